The number of aromatic nitrogens is 1. The van der Waals surface area contributed by atoms with Gasteiger partial charge in [-0.1, -0.05) is 11.6 Å². The molecule has 1 aliphatic heterocycles. The predicted molar refractivity (Wildman–Crippen MR) is 120 cm³/mol. The molecular weight excluding hydrogens is 453 g/mol. The molecule has 0 saturated carbocycles. The standard InChI is InChI=1S/C23H25ClFN3O5/c1-12-11-13(6-7-14(12)25)26-21(32)17-15-5-4-10-28(15)19(18(17)24)20(31)22(33)27-23(2,3)9-8-16(29)30/h6-7,11H,4-5,8-10H2,1-3H3,(H,26,32)(H,27,33)(H,29,30). The summed E-state index contributed by atoms with van der Waals surface area (Å²) in [6.45, 7) is 5.24. The lowest BCUT2D eigenvalue weighted by atomic mass is 9.98. The fourth-order valence-electron chi connectivity index (χ4n) is 3.87. The number of carbonyl (C=O) groups excluding carboxylic acids is 3. The summed E-state index contributed by atoms with van der Waals surface area (Å²) in [7, 11) is 0. The van der Waals surface area contributed by atoms with Gasteiger partial charge in [0.2, 0.25) is 0 Å². The molecule has 3 rings (SSSR count). The number of carbonyl (C=O) groups is 4. The molecule has 0 radical (unpaired) electrons. The molecule has 10 heteroatoms. The normalized spacial score (nSPS) is 12.9. The van der Waals surface area contributed by atoms with Gasteiger partial charge in [-0.15, -0.1) is 0 Å². The van der Waals surface area contributed by atoms with Gasteiger partial charge in [-0.3, -0.25) is 19.2 Å². The van der Waals surface area contributed by atoms with E-state index in [2.05, 4.69) is 10.6 Å². The second-order valence-corrected chi connectivity index (χ2v) is 9.10. The van der Waals surface area contributed by atoms with E-state index in [1.54, 1.807) is 25.3 Å². The van der Waals surface area contributed by atoms with E-state index in [0.717, 1.165) is 0 Å². The quantitative estimate of drug-likeness (QED) is 0.395. The van der Waals surface area contributed by atoms with Crippen molar-refractivity contribution in [1.82, 2.24) is 9.88 Å². The van der Waals surface area contributed by atoms with Gasteiger partial charge in [0.05, 0.1) is 10.6 Å². The number of nitrogens with zero attached hydrogens (tertiary/aromatic N) is 1. The highest BCUT2D eigenvalue weighted by Crippen LogP contribution is 2.34. The molecule has 0 atom stereocenters. The number of anilines is 1. The molecule has 0 saturated heterocycles. The van der Waals surface area contributed by atoms with Crippen LogP contribution in [0.4, 0.5) is 10.1 Å². The smallest absolute Gasteiger partial charge is 0.303 e. The van der Waals surface area contributed by atoms with Crippen molar-refractivity contribution in [3.63, 3.8) is 0 Å². The Labute approximate surface area is 195 Å². The first-order chi connectivity index (χ1) is 15.4. The van der Waals surface area contributed by atoms with Crippen molar-refractivity contribution < 1.29 is 28.7 Å². The third-order valence-electron chi connectivity index (χ3n) is 5.59. The highest BCUT2D eigenvalue weighted by Gasteiger charge is 2.35. The number of nitrogens with one attached hydrogen (secondary N) is 2. The Bertz CT molecular complexity index is 1160. The highest BCUT2D eigenvalue weighted by atomic mass is 35.5. The van der Waals surface area contributed by atoms with Crippen LogP contribution in [0.25, 0.3) is 0 Å². The Morgan fingerprint density at radius 2 is 1.94 bits per heavy atom. The number of Topliss-reactive ketones (excluding diaryl/α,β-unsaturated/α-hetero) is 1. The van der Waals surface area contributed by atoms with Crippen LogP contribution in [0.1, 0.15) is 65.2 Å². The number of amides is 2. The monoisotopic (exact) mass is 477 g/mol. The van der Waals surface area contributed by atoms with E-state index in [-0.39, 0.29) is 29.1 Å². The third-order valence-corrected chi connectivity index (χ3v) is 5.95. The number of fused-ring (bicyclic) bond motifs is 1. The molecule has 1 aromatic heterocycles. The largest absolute Gasteiger partial charge is 0.481 e. The number of carboxylic acids is 1. The molecule has 0 bridgehead atoms. The van der Waals surface area contributed by atoms with Gasteiger partial charge in [-0.25, -0.2) is 4.39 Å². The second-order valence-electron chi connectivity index (χ2n) is 8.72. The Morgan fingerprint density at radius 1 is 1.24 bits per heavy atom. The summed E-state index contributed by atoms with van der Waals surface area (Å²) in [6.07, 6.45) is 1.14. The van der Waals surface area contributed by atoms with Gasteiger partial charge in [-0.2, -0.15) is 0 Å². The van der Waals surface area contributed by atoms with E-state index in [1.807, 2.05) is 0 Å². The van der Waals surface area contributed by atoms with Crippen molar-refractivity contribution >= 4 is 40.9 Å². The Kier molecular flexibility index (Phi) is 6.92. The molecule has 0 unspecified atom stereocenters. The summed E-state index contributed by atoms with van der Waals surface area (Å²) in [5.74, 6) is -3.80. The molecule has 2 heterocycles. The van der Waals surface area contributed by atoms with Gasteiger partial charge in [0.15, 0.2) is 0 Å². The second kappa shape index (κ2) is 9.35. The maximum Gasteiger partial charge on any atom is 0.303 e. The topological polar surface area (TPSA) is 118 Å². The number of rotatable bonds is 8. The zero-order valence-electron chi connectivity index (χ0n) is 18.6. The summed E-state index contributed by atoms with van der Waals surface area (Å²) >= 11 is 6.46. The Hall–Kier alpha value is -3.20. The van der Waals surface area contributed by atoms with Crippen molar-refractivity contribution in [2.45, 2.75) is 58.5 Å². The minimum Gasteiger partial charge on any atom is -0.481 e. The fourth-order valence-corrected chi connectivity index (χ4v) is 4.25. The van der Waals surface area contributed by atoms with Crippen molar-refractivity contribution in [2.24, 2.45) is 0 Å². The van der Waals surface area contributed by atoms with Crippen LogP contribution in [0.2, 0.25) is 5.02 Å². The molecular formula is C23H25ClFN3O5. The number of halogens is 2. The molecule has 0 fully saturated rings. The third kappa shape index (κ3) is 5.24. The molecule has 0 aliphatic carbocycles. The van der Waals surface area contributed by atoms with Crippen LogP contribution in [0.5, 0.6) is 0 Å². The van der Waals surface area contributed by atoms with Gasteiger partial charge in [0, 0.05) is 29.9 Å². The number of ketones is 1. The Morgan fingerprint density at radius 3 is 2.58 bits per heavy atom. The lowest BCUT2D eigenvalue weighted by Gasteiger charge is -2.25. The van der Waals surface area contributed by atoms with Crippen LogP contribution in [0.3, 0.4) is 0 Å². The lowest BCUT2D eigenvalue weighted by Crippen LogP contribution is -2.47. The summed E-state index contributed by atoms with van der Waals surface area (Å²) in [6, 6.07) is 4.14. The zero-order valence-corrected chi connectivity index (χ0v) is 19.3. The van der Waals surface area contributed by atoms with Gasteiger partial charge in [0.25, 0.3) is 17.6 Å². The van der Waals surface area contributed by atoms with E-state index < -0.39 is 34.9 Å². The molecule has 1 aromatic carbocycles. The van der Waals surface area contributed by atoms with Crippen LogP contribution in [0.15, 0.2) is 18.2 Å². The zero-order chi connectivity index (χ0) is 24.5. The maximum absolute atomic E-state index is 13.5. The maximum atomic E-state index is 13.5. The molecule has 2 aromatic rings. The van der Waals surface area contributed by atoms with Crippen LogP contribution in [-0.2, 0) is 22.6 Å². The van der Waals surface area contributed by atoms with Crippen molar-refractivity contribution in [3.8, 4) is 0 Å². The molecule has 33 heavy (non-hydrogen) atoms. The first-order valence-electron chi connectivity index (χ1n) is 10.5. The first-order valence-corrected chi connectivity index (χ1v) is 10.9. The lowest BCUT2D eigenvalue weighted by molar-refractivity contribution is -0.137. The van der Waals surface area contributed by atoms with Gasteiger partial charge in [-0.05, 0) is 63.8 Å². The summed E-state index contributed by atoms with van der Waals surface area (Å²) in [4.78, 5) is 49.5. The Balaban J connectivity index is 1.87. The van der Waals surface area contributed by atoms with Crippen LogP contribution in [0, 0.1) is 12.7 Å². The van der Waals surface area contributed by atoms with Crippen LogP contribution < -0.4 is 10.6 Å². The average molecular weight is 478 g/mol. The molecule has 2 amide bonds. The molecule has 0 spiro atoms. The van der Waals surface area contributed by atoms with E-state index in [4.69, 9.17) is 16.7 Å². The number of benzene rings is 1. The minimum atomic E-state index is -1.01. The molecule has 8 nitrogen and oxygen atoms in total. The number of aliphatic carboxylic acids is 1. The van der Waals surface area contributed by atoms with E-state index >= 15 is 0 Å². The van der Waals surface area contributed by atoms with Gasteiger partial charge < -0.3 is 20.3 Å². The summed E-state index contributed by atoms with van der Waals surface area (Å²) < 4.78 is 15.1. The summed E-state index contributed by atoms with van der Waals surface area (Å²) in [5.41, 5.74) is 0.391. The molecule has 3 N–H and O–H groups in total. The van der Waals surface area contributed by atoms with E-state index in [1.165, 1.54) is 18.2 Å². The van der Waals surface area contributed by atoms with Crippen molar-refractivity contribution in [1.29, 1.82) is 0 Å². The first kappa shape index (κ1) is 24.4. The van der Waals surface area contributed by atoms with E-state index in [0.29, 0.717) is 36.3 Å². The van der Waals surface area contributed by atoms with Crippen LogP contribution in [-0.4, -0.2) is 38.8 Å². The number of hydrogen-bond acceptors (Lipinski definition) is 4. The van der Waals surface area contributed by atoms with Gasteiger partial charge >= 0.3 is 5.97 Å². The summed E-state index contributed by atoms with van der Waals surface area (Å²) in [5, 5.41) is 14.0. The fraction of sp³-hybridized carbons (Fsp3) is 0.391. The molecule has 176 valence electrons. The van der Waals surface area contributed by atoms with Crippen LogP contribution >= 0.6 is 11.6 Å². The van der Waals surface area contributed by atoms with Crippen molar-refractivity contribution in [3.05, 3.63) is 51.6 Å². The molecule has 1 aliphatic rings. The number of aryl methyl sites for hydroxylation is 1. The predicted octanol–water partition coefficient (Wildman–Crippen LogP) is 3.73. The average Bonchev–Trinajstić information content (AvgIpc) is 3.28. The minimum absolute atomic E-state index is 0.0730. The number of carboxylic acid groups (broad SMARTS) is 1. The SMILES string of the molecule is Cc1cc(NC(=O)c2c(Cl)c(C(=O)C(=O)NC(C)(C)CCC(=O)O)n3c2CCC3)ccc1F. The van der Waals surface area contributed by atoms with Gasteiger partial charge in [0.1, 0.15) is 11.5 Å². The highest BCUT2D eigenvalue weighted by molar-refractivity contribution is 6.48. The number of hydrogen-bond donors (Lipinski definition) is 3. The van der Waals surface area contributed by atoms with E-state index in [9.17, 15) is 23.6 Å². The van der Waals surface area contributed by atoms with Crippen molar-refractivity contribution in [2.75, 3.05) is 5.32 Å².